The van der Waals surface area contributed by atoms with Gasteiger partial charge in [-0.3, -0.25) is 0 Å². The SMILES string of the molecule is CCCCCCCCCCCCc1cc(Cl)sc1Cl. The molecular weight excluding hydrogens is 295 g/mol. The Balaban J connectivity index is 1.90. The van der Waals surface area contributed by atoms with E-state index >= 15 is 0 Å². The molecule has 0 radical (unpaired) electrons. The van der Waals surface area contributed by atoms with Gasteiger partial charge in [-0.15, -0.1) is 11.3 Å². The fraction of sp³-hybridized carbons (Fsp3) is 0.750. The minimum absolute atomic E-state index is 0.812. The number of hydrogen-bond acceptors (Lipinski definition) is 1. The molecule has 1 aromatic rings. The Morgan fingerprint density at radius 2 is 1.37 bits per heavy atom. The predicted octanol–water partition coefficient (Wildman–Crippen LogP) is 7.52. The van der Waals surface area contributed by atoms with Gasteiger partial charge in [0.05, 0.1) is 8.67 Å². The van der Waals surface area contributed by atoms with E-state index in [2.05, 4.69) is 6.92 Å². The highest BCUT2D eigenvalue weighted by atomic mass is 35.5. The first-order valence-corrected chi connectivity index (χ1v) is 9.25. The lowest BCUT2D eigenvalue weighted by Crippen LogP contribution is -1.85. The maximum Gasteiger partial charge on any atom is 0.0976 e. The lowest BCUT2D eigenvalue weighted by molar-refractivity contribution is 0.556. The maximum atomic E-state index is 6.10. The first kappa shape index (κ1) is 17.3. The van der Waals surface area contributed by atoms with Crippen molar-refractivity contribution in [3.8, 4) is 0 Å². The summed E-state index contributed by atoms with van der Waals surface area (Å²) >= 11 is 13.5. The number of aryl methyl sites for hydroxylation is 1. The molecule has 0 bridgehead atoms. The average molecular weight is 321 g/mol. The van der Waals surface area contributed by atoms with E-state index in [4.69, 9.17) is 23.2 Å². The predicted molar refractivity (Wildman–Crippen MR) is 89.9 cm³/mol. The highest BCUT2D eigenvalue weighted by molar-refractivity contribution is 7.20. The second-order valence-corrected chi connectivity index (χ2v) is 7.57. The van der Waals surface area contributed by atoms with Crippen molar-refractivity contribution in [3.63, 3.8) is 0 Å². The van der Waals surface area contributed by atoms with Gasteiger partial charge in [0.15, 0.2) is 0 Å². The monoisotopic (exact) mass is 320 g/mol. The van der Waals surface area contributed by atoms with Crippen LogP contribution in [0.1, 0.15) is 76.7 Å². The maximum absolute atomic E-state index is 6.10. The second kappa shape index (κ2) is 11.0. The Kier molecular flexibility index (Phi) is 10.0. The summed E-state index contributed by atoms with van der Waals surface area (Å²) in [6.07, 6.45) is 14.8. The van der Waals surface area contributed by atoms with Crippen LogP contribution < -0.4 is 0 Å². The molecule has 0 aliphatic carbocycles. The molecule has 0 aromatic carbocycles. The highest BCUT2D eigenvalue weighted by Crippen LogP contribution is 2.32. The third-order valence-electron chi connectivity index (χ3n) is 3.53. The van der Waals surface area contributed by atoms with Crippen molar-refractivity contribution in [1.29, 1.82) is 0 Å². The Morgan fingerprint density at radius 3 is 1.84 bits per heavy atom. The van der Waals surface area contributed by atoms with E-state index in [1.54, 1.807) is 0 Å². The Labute approximate surface area is 132 Å². The summed E-state index contributed by atoms with van der Waals surface area (Å²) in [6.45, 7) is 2.27. The zero-order valence-electron chi connectivity index (χ0n) is 12.0. The molecule has 0 amide bonds. The Hall–Kier alpha value is 0.280. The van der Waals surface area contributed by atoms with Gasteiger partial charge in [-0.05, 0) is 24.5 Å². The summed E-state index contributed by atoms with van der Waals surface area (Å²) in [5.74, 6) is 0. The van der Waals surface area contributed by atoms with Crippen molar-refractivity contribution in [2.45, 2.75) is 77.6 Å². The largest absolute Gasteiger partial charge is 0.111 e. The number of unbranched alkanes of at least 4 members (excludes halogenated alkanes) is 9. The van der Waals surface area contributed by atoms with E-state index in [-0.39, 0.29) is 0 Å². The van der Waals surface area contributed by atoms with E-state index in [1.807, 2.05) is 6.07 Å². The molecule has 0 atom stereocenters. The van der Waals surface area contributed by atoms with Crippen LogP contribution in [0.25, 0.3) is 0 Å². The average Bonchev–Trinajstić information content (AvgIpc) is 2.70. The van der Waals surface area contributed by atoms with Crippen LogP contribution in [0.4, 0.5) is 0 Å². The molecule has 0 spiro atoms. The molecule has 1 rings (SSSR count). The van der Waals surface area contributed by atoms with Crippen molar-refractivity contribution in [2.24, 2.45) is 0 Å². The normalized spacial score (nSPS) is 11.1. The van der Waals surface area contributed by atoms with Crippen LogP contribution in [0, 0.1) is 0 Å². The topological polar surface area (TPSA) is 0 Å². The molecule has 0 saturated heterocycles. The van der Waals surface area contributed by atoms with Crippen molar-refractivity contribution in [2.75, 3.05) is 0 Å². The molecule has 0 fully saturated rings. The molecule has 3 heteroatoms. The van der Waals surface area contributed by atoms with Crippen LogP contribution in [-0.4, -0.2) is 0 Å². The minimum Gasteiger partial charge on any atom is -0.111 e. The van der Waals surface area contributed by atoms with Crippen LogP contribution in [0.2, 0.25) is 8.67 Å². The molecule has 0 aliphatic heterocycles. The zero-order valence-corrected chi connectivity index (χ0v) is 14.3. The van der Waals surface area contributed by atoms with Crippen LogP contribution in [0.3, 0.4) is 0 Å². The molecule has 110 valence electrons. The third kappa shape index (κ3) is 8.22. The summed E-state index contributed by atoms with van der Waals surface area (Å²) in [4.78, 5) is 0. The summed E-state index contributed by atoms with van der Waals surface area (Å²) in [7, 11) is 0. The van der Waals surface area contributed by atoms with Crippen molar-refractivity contribution in [1.82, 2.24) is 0 Å². The van der Waals surface area contributed by atoms with Gasteiger partial charge in [0.1, 0.15) is 0 Å². The zero-order chi connectivity index (χ0) is 13.9. The van der Waals surface area contributed by atoms with Gasteiger partial charge < -0.3 is 0 Å². The van der Waals surface area contributed by atoms with E-state index in [0.29, 0.717) is 0 Å². The lowest BCUT2D eigenvalue weighted by atomic mass is 10.0. The van der Waals surface area contributed by atoms with Crippen LogP contribution in [0.5, 0.6) is 0 Å². The van der Waals surface area contributed by atoms with Gasteiger partial charge in [0.25, 0.3) is 0 Å². The van der Waals surface area contributed by atoms with Crippen molar-refractivity contribution in [3.05, 3.63) is 20.3 Å². The molecule has 19 heavy (non-hydrogen) atoms. The Bertz CT molecular complexity index is 333. The van der Waals surface area contributed by atoms with Gasteiger partial charge in [-0.25, -0.2) is 0 Å². The number of rotatable bonds is 11. The fourth-order valence-electron chi connectivity index (χ4n) is 2.35. The van der Waals surface area contributed by atoms with Crippen LogP contribution >= 0.6 is 34.5 Å². The first-order valence-electron chi connectivity index (χ1n) is 7.67. The third-order valence-corrected chi connectivity index (χ3v) is 5.10. The summed E-state index contributed by atoms with van der Waals surface area (Å²) < 4.78 is 1.69. The highest BCUT2D eigenvalue weighted by Gasteiger charge is 2.05. The molecule has 1 heterocycles. The van der Waals surface area contributed by atoms with Gasteiger partial charge in [-0.1, -0.05) is 87.9 Å². The fourth-order valence-corrected chi connectivity index (χ4v) is 3.89. The molecule has 0 saturated carbocycles. The van der Waals surface area contributed by atoms with Crippen molar-refractivity contribution >= 4 is 34.5 Å². The van der Waals surface area contributed by atoms with Crippen molar-refractivity contribution < 1.29 is 0 Å². The van der Waals surface area contributed by atoms with E-state index in [9.17, 15) is 0 Å². The van der Waals surface area contributed by atoms with Crippen LogP contribution in [0.15, 0.2) is 6.07 Å². The van der Waals surface area contributed by atoms with Gasteiger partial charge in [0.2, 0.25) is 0 Å². The van der Waals surface area contributed by atoms with E-state index in [0.717, 1.165) is 15.1 Å². The first-order chi connectivity index (χ1) is 9.24. The van der Waals surface area contributed by atoms with Gasteiger partial charge in [0, 0.05) is 0 Å². The molecule has 0 N–H and O–H groups in total. The summed E-state index contributed by atoms with van der Waals surface area (Å²) in [6, 6.07) is 2.02. The molecule has 1 aromatic heterocycles. The standard InChI is InChI=1S/C16H26Cl2S/c1-2-3-4-5-6-7-8-9-10-11-12-14-13-15(17)19-16(14)18/h13H,2-12H2,1H3. The van der Waals surface area contributed by atoms with Gasteiger partial charge in [-0.2, -0.15) is 0 Å². The Morgan fingerprint density at radius 1 is 0.842 bits per heavy atom. The summed E-state index contributed by atoms with van der Waals surface area (Å²) in [5, 5.41) is 0. The molecule has 0 unspecified atom stereocenters. The van der Waals surface area contributed by atoms with E-state index in [1.165, 1.54) is 81.1 Å². The molecular formula is C16H26Cl2S. The number of hydrogen-bond donors (Lipinski definition) is 0. The molecule has 0 nitrogen and oxygen atoms in total. The smallest absolute Gasteiger partial charge is 0.0976 e. The molecule has 0 aliphatic rings. The van der Waals surface area contributed by atoms with Gasteiger partial charge >= 0.3 is 0 Å². The second-order valence-electron chi connectivity index (χ2n) is 5.28. The quantitative estimate of drug-likeness (QED) is 0.370. The van der Waals surface area contributed by atoms with E-state index < -0.39 is 0 Å². The summed E-state index contributed by atoms with van der Waals surface area (Å²) in [5.41, 5.74) is 1.23. The number of thiophene rings is 1. The van der Waals surface area contributed by atoms with Crippen LogP contribution in [-0.2, 0) is 6.42 Å². The lowest BCUT2D eigenvalue weighted by Gasteiger charge is -2.02. The minimum atomic E-state index is 0.812. The number of halogens is 2.